The zero-order chi connectivity index (χ0) is 19.3. The van der Waals surface area contributed by atoms with Crippen molar-refractivity contribution < 1.29 is 18.8 Å². The number of nitrogens with one attached hydrogen (secondary N) is 1. The standard InChI is InChI=1S/C18H20FN3O4/c1-12(18(23)20-15-6-4-5-7-16(15)22(24)25)21(2)11-13-8-9-17(26-3)14(19)10-13/h4-10,12H,11H2,1-3H3,(H,20,23)/t12-/m0/s1. The van der Waals surface area contributed by atoms with Crippen LogP contribution in [0.5, 0.6) is 5.75 Å². The maximum absolute atomic E-state index is 13.8. The molecule has 7 nitrogen and oxygen atoms in total. The summed E-state index contributed by atoms with van der Waals surface area (Å²) in [5.41, 5.74) is 0.641. The fourth-order valence-corrected chi connectivity index (χ4v) is 2.41. The molecule has 0 unspecified atom stereocenters. The van der Waals surface area contributed by atoms with E-state index < -0.39 is 22.7 Å². The second-order valence-electron chi connectivity index (χ2n) is 5.82. The third kappa shape index (κ3) is 4.54. The van der Waals surface area contributed by atoms with Gasteiger partial charge in [-0.25, -0.2) is 4.39 Å². The molecule has 0 saturated carbocycles. The number of nitro benzene ring substituents is 1. The minimum atomic E-state index is -0.583. The monoisotopic (exact) mass is 361 g/mol. The number of hydrogen-bond acceptors (Lipinski definition) is 5. The van der Waals surface area contributed by atoms with E-state index in [2.05, 4.69) is 5.32 Å². The van der Waals surface area contributed by atoms with E-state index in [4.69, 9.17) is 4.74 Å². The van der Waals surface area contributed by atoms with Crippen molar-refractivity contribution in [2.24, 2.45) is 0 Å². The molecule has 0 fully saturated rings. The molecule has 1 N–H and O–H groups in total. The highest BCUT2D eigenvalue weighted by atomic mass is 19.1. The number of halogens is 1. The molecule has 0 aromatic heterocycles. The Hall–Kier alpha value is -3.00. The van der Waals surface area contributed by atoms with E-state index in [0.29, 0.717) is 12.1 Å². The molecule has 1 atom stereocenters. The highest BCUT2D eigenvalue weighted by Gasteiger charge is 2.22. The van der Waals surface area contributed by atoms with Crippen molar-refractivity contribution in [1.29, 1.82) is 0 Å². The number of para-hydroxylation sites is 2. The maximum atomic E-state index is 13.8. The Morgan fingerprint density at radius 1 is 1.35 bits per heavy atom. The summed E-state index contributed by atoms with van der Waals surface area (Å²) in [6.07, 6.45) is 0. The van der Waals surface area contributed by atoms with Crippen LogP contribution in [0, 0.1) is 15.9 Å². The topological polar surface area (TPSA) is 84.7 Å². The van der Waals surface area contributed by atoms with E-state index in [1.54, 1.807) is 31.0 Å². The number of likely N-dealkylation sites (N-methyl/N-ethyl adjacent to an activating group) is 1. The van der Waals surface area contributed by atoms with Gasteiger partial charge in [0.25, 0.3) is 5.69 Å². The van der Waals surface area contributed by atoms with E-state index in [9.17, 15) is 19.3 Å². The molecule has 2 rings (SSSR count). The number of anilines is 1. The van der Waals surface area contributed by atoms with Crippen molar-refractivity contribution in [3.8, 4) is 5.75 Å². The summed E-state index contributed by atoms with van der Waals surface area (Å²) in [7, 11) is 3.10. The van der Waals surface area contributed by atoms with Crippen LogP contribution >= 0.6 is 0 Å². The van der Waals surface area contributed by atoms with Crippen LogP contribution in [0.25, 0.3) is 0 Å². The van der Waals surface area contributed by atoms with Crippen LogP contribution in [-0.4, -0.2) is 35.9 Å². The summed E-state index contributed by atoms with van der Waals surface area (Å²) in [4.78, 5) is 24.6. The summed E-state index contributed by atoms with van der Waals surface area (Å²) < 4.78 is 18.7. The normalized spacial score (nSPS) is 11.9. The molecule has 2 aromatic rings. The number of nitrogens with zero attached hydrogens (tertiary/aromatic N) is 2. The van der Waals surface area contributed by atoms with Crippen LogP contribution in [0.4, 0.5) is 15.8 Å². The van der Waals surface area contributed by atoms with E-state index >= 15 is 0 Å². The summed E-state index contributed by atoms with van der Waals surface area (Å²) >= 11 is 0. The third-order valence-electron chi connectivity index (χ3n) is 4.05. The molecule has 0 spiro atoms. The molecule has 0 aliphatic heterocycles. The number of amides is 1. The van der Waals surface area contributed by atoms with Crippen molar-refractivity contribution in [3.05, 3.63) is 64.0 Å². The molecule has 26 heavy (non-hydrogen) atoms. The zero-order valence-electron chi connectivity index (χ0n) is 14.7. The predicted molar refractivity (Wildman–Crippen MR) is 95.6 cm³/mol. The molecule has 0 aliphatic rings. The second-order valence-corrected chi connectivity index (χ2v) is 5.82. The van der Waals surface area contributed by atoms with E-state index in [1.165, 1.54) is 37.4 Å². The predicted octanol–water partition coefficient (Wildman–Crippen LogP) is 3.20. The number of nitro groups is 1. The quantitative estimate of drug-likeness (QED) is 0.605. The van der Waals surface area contributed by atoms with Crippen molar-refractivity contribution in [3.63, 3.8) is 0 Å². The molecule has 0 radical (unpaired) electrons. The van der Waals surface area contributed by atoms with Gasteiger partial charge in [0.1, 0.15) is 5.69 Å². The summed E-state index contributed by atoms with van der Waals surface area (Å²) in [5, 5.41) is 13.6. The largest absolute Gasteiger partial charge is 0.494 e. The van der Waals surface area contributed by atoms with Gasteiger partial charge in [0.2, 0.25) is 5.91 Å². The lowest BCUT2D eigenvalue weighted by Crippen LogP contribution is -2.39. The van der Waals surface area contributed by atoms with Crippen molar-refractivity contribution in [2.45, 2.75) is 19.5 Å². The Morgan fingerprint density at radius 3 is 2.65 bits per heavy atom. The van der Waals surface area contributed by atoms with Crippen LogP contribution in [0.2, 0.25) is 0 Å². The Morgan fingerprint density at radius 2 is 2.04 bits per heavy atom. The number of rotatable bonds is 7. The number of carbonyl (C=O) groups is 1. The van der Waals surface area contributed by atoms with Crippen LogP contribution in [-0.2, 0) is 11.3 Å². The first-order valence-corrected chi connectivity index (χ1v) is 7.90. The van der Waals surface area contributed by atoms with Crippen LogP contribution in [0.1, 0.15) is 12.5 Å². The van der Waals surface area contributed by atoms with Gasteiger partial charge in [-0.2, -0.15) is 0 Å². The molecular formula is C18H20FN3O4. The highest BCUT2D eigenvalue weighted by Crippen LogP contribution is 2.24. The summed E-state index contributed by atoms with van der Waals surface area (Å²) in [6.45, 7) is 2.00. The fraction of sp³-hybridized carbons (Fsp3) is 0.278. The molecule has 0 saturated heterocycles. The number of carbonyl (C=O) groups excluding carboxylic acids is 1. The van der Waals surface area contributed by atoms with Gasteiger partial charge >= 0.3 is 0 Å². The third-order valence-corrected chi connectivity index (χ3v) is 4.05. The lowest BCUT2D eigenvalue weighted by atomic mass is 10.1. The van der Waals surface area contributed by atoms with Gasteiger partial charge in [0, 0.05) is 12.6 Å². The Labute approximate surface area is 150 Å². The van der Waals surface area contributed by atoms with Crippen molar-refractivity contribution in [2.75, 3.05) is 19.5 Å². The van der Waals surface area contributed by atoms with Crippen LogP contribution in [0.3, 0.4) is 0 Å². The maximum Gasteiger partial charge on any atom is 0.292 e. The molecule has 0 aliphatic carbocycles. The smallest absolute Gasteiger partial charge is 0.292 e. The van der Waals surface area contributed by atoms with Gasteiger partial charge in [-0.3, -0.25) is 19.8 Å². The summed E-state index contributed by atoms with van der Waals surface area (Å²) in [6, 6.07) is 9.94. The average molecular weight is 361 g/mol. The first-order chi connectivity index (χ1) is 12.3. The highest BCUT2D eigenvalue weighted by molar-refractivity contribution is 5.96. The van der Waals surface area contributed by atoms with Gasteiger partial charge < -0.3 is 10.1 Å². The Bertz CT molecular complexity index is 813. The first kappa shape index (κ1) is 19.3. The van der Waals surface area contributed by atoms with Crippen molar-refractivity contribution >= 4 is 17.3 Å². The number of ether oxygens (including phenoxy) is 1. The fourth-order valence-electron chi connectivity index (χ4n) is 2.41. The van der Waals surface area contributed by atoms with Crippen molar-refractivity contribution in [1.82, 2.24) is 4.90 Å². The van der Waals surface area contributed by atoms with E-state index in [1.807, 2.05) is 0 Å². The lowest BCUT2D eigenvalue weighted by molar-refractivity contribution is -0.383. The van der Waals surface area contributed by atoms with Gasteiger partial charge in [0.05, 0.1) is 18.1 Å². The van der Waals surface area contributed by atoms with Crippen LogP contribution in [0.15, 0.2) is 42.5 Å². The molecule has 8 heteroatoms. The molecular weight excluding hydrogens is 341 g/mol. The molecule has 2 aromatic carbocycles. The molecule has 0 heterocycles. The van der Waals surface area contributed by atoms with Gasteiger partial charge in [-0.05, 0) is 37.7 Å². The molecule has 138 valence electrons. The van der Waals surface area contributed by atoms with E-state index in [-0.39, 0.29) is 17.1 Å². The minimum Gasteiger partial charge on any atom is -0.494 e. The molecule has 1 amide bonds. The minimum absolute atomic E-state index is 0.137. The first-order valence-electron chi connectivity index (χ1n) is 7.90. The van der Waals surface area contributed by atoms with Crippen LogP contribution < -0.4 is 10.1 Å². The average Bonchev–Trinajstić information content (AvgIpc) is 2.61. The number of benzene rings is 2. The Balaban J connectivity index is 2.06. The summed E-state index contributed by atoms with van der Waals surface area (Å²) in [5.74, 6) is -0.718. The lowest BCUT2D eigenvalue weighted by Gasteiger charge is -2.24. The second kappa shape index (κ2) is 8.39. The van der Waals surface area contributed by atoms with Gasteiger partial charge in [-0.15, -0.1) is 0 Å². The SMILES string of the molecule is COc1ccc(CN(C)[C@@H](C)C(=O)Nc2ccccc2[N+](=O)[O-])cc1F. The van der Waals surface area contributed by atoms with Gasteiger partial charge in [0.15, 0.2) is 11.6 Å². The number of hydrogen-bond donors (Lipinski definition) is 1. The zero-order valence-corrected chi connectivity index (χ0v) is 14.7. The molecule has 0 bridgehead atoms. The van der Waals surface area contributed by atoms with Gasteiger partial charge in [-0.1, -0.05) is 18.2 Å². The van der Waals surface area contributed by atoms with E-state index in [0.717, 1.165) is 0 Å². The Kier molecular flexibility index (Phi) is 6.24. The number of methoxy groups -OCH3 is 1.